The Hall–Kier alpha value is -1.14. The third-order valence-corrected chi connectivity index (χ3v) is 5.49. The summed E-state index contributed by atoms with van der Waals surface area (Å²) in [5.74, 6) is -0.704. The van der Waals surface area contributed by atoms with Crippen LogP contribution in [0.25, 0.3) is 0 Å². The van der Waals surface area contributed by atoms with Gasteiger partial charge in [-0.15, -0.1) is 0 Å². The third-order valence-electron chi connectivity index (χ3n) is 5.49. The first-order valence-corrected chi connectivity index (χ1v) is 9.09. The molecule has 140 valence electrons. The number of hydrogen-bond donors (Lipinski definition) is 4. The van der Waals surface area contributed by atoms with Gasteiger partial charge in [0.25, 0.3) is 0 Å². The summed E-state index contributed by atoms with van der Waals surface area (Å²) < 4.78 is 0. The second-order valence-electron chi connectivity index (χ2n) is 7.46. The maximum Gasteiger partial charge on any atom is 0.227 e. The van der Waals surface area contributed by atoms with E-state index < -0.39 is 17.6 Å². The molecule has 0 bridgehead atoms. The number of carbonyl (C=O) groups is 2. The molecule has 1 aliphatic carbocycles. The van der Waals surface area contributed by atoms with Crippen LogP contribution in [0.3, 0.4) is 0 Å². The van der Waals surface area contributed by atoms with E-state index in [0.29, 0.717) is 19.3 Å². The summed E-state index contributed by atoms with van der Waals surface area (Å²) in [6.07, 6.45) is 0.450. The van der Waals surface area contributed by atoms with E-state index in [-0.39, 0.29) is 35.7 Å². The van der Waals surface area contributed by atoms with Crippen molar-refractivity contribution in [3.8, 4) is 0 Å². The van der Waals surface area contributed by atoms with Crippen molar-refractivity contribution in [1.29, 1.82) is 0 Å². The lowest BCUT2D eigenvalue weighted by atomic mass is 9.87. The lowest BCUT2D eigenvalue weighted by Gasteiger charge is -2.26. The minimum atomic E-state index is -0.720. The molecule has 0 saturated heterocycles. The Morgan fingerprint density at radius 2 is 1.46 bits per heavy atom. The molecule has 4 N–H and O–H groups in total. The fourth-order valence-electron chi connectivity index (χ4n) is 3.32. The van der Waals surface area contributed by atoms with E-state index in [4.69, 9.17) is 0 Å². The predicted molar refractivity (Wildman–Crippen MR) is 93.2 cm³/mol. The molecular formula is C18H34N2O4. The van der Waals surface area contributed by atoms with Gasteiger partial charge in [-0.05, 0) is 39.0 Å². The van der Waals surface area contributed by atoms with Gasteiger partial charge in [0.1, 0.15) is 0 Å². The molecule has 0 aromatic heterocycles. The van der Waals surface area contributed by atoms with Crippen LogP contribution >= 0.6 is 0 Å². The van der Waals surface area contributed by atoms with Gasteiger partial charge < -0.3 is 20.8 Å². The quantitative estimate of drug-likeness (QED) is 0.506. The van der Waals surface area contributed by atoms with Crippen molar-refractivity contribution in [2.45, 2.75) is 85.1 Å². The molecule has 24 heavy (non-hydrogen) atoms. The highest BCUT2D eigenvalue weighted by Gasteiger charge is 2.65. The summed E-state index contributed by atoms with van der Waals surface area (Å²) in [6.45, 7) is 11.1. The molecule has 0 aromatic rings. The van der Waals surface area contributed by atoms with E-state index in [1.807, 2.05) is 27.7 Å². The fraction of sp³-hybridized carbons (Fsp3) is 0.889. The number of aliphatic hydroxyl groups excluding tert-OH is 2. The number of aliphatic hydroxyl groups is 2. The predicted octanol–water partition coefficient (Wildman–Crippen LogP) is 1.20. The smallest absolute Gasteiger partial charge is 0.227 e. The second-order valence-corrected chi connectivity index (χ2v) is 7.46. The van der Waals surface area contributed by atoms with Gasteiger partial charge in [-0.25, -0.2) is 0 Å². The second kappa shape index (κ2) is 8.30. The summed E-state index contributed by atoms with van der Waals surface area (Å²) in [4.78, 5) is 25.2. The molecule has 2 amide bonds. The first kappa shape index (κ1) is 20.9. The summed E-state index contributed by atoms with van der Waals surface area (Å²) >= 11 is 0. The van der Waals surface area contributed by atoms with Crippen LogP contribution in [0.2, 0.25) is 0 Å². The number of rotatable bonds is 9. The number of hydrogen-bond acceptors (Lipinski definition) is 4. The Morgan fingerprint density at radius 1 is 1.00 bits per heavy atom. The largest absolute Gasteiger partial charge is 0.391 e. The number of amides is 2. The van der Waals surface area contributed by atoms with Crippen LogP contribution in [0.5, 0.6) is 0 Å². The zero-order valence-electron chi connectivity index (χ0n) is 15.8. The Labute approximate surface area is 145 Å². The molecule has 0 aromatic carbocycles. The average molecular weight is 342 g/mol. The maximum absolute atomic E-state index is 12.7. The van der Waals surface area contributed by atoms with E-state index in [1.165, 1.54) is 0 Å². The lowest BCUT2D eigenvalue weighted by Crippen LogP contribution is -2.48. The van der Waals surface area contributed by atoms with Gasteiger partial charge in [0, 0.05) is 0 Å². The molecule has 0 radical (unpaired) electrons. The van der Waals surface area contributed by atoms with Crippen LogP contribution in [-0.2, 0) is 9.59 Å². The molecule has 6 nitrogen and oxygen atoms in total. The Kier molecular flexibility index (Phi) is 7.23. The summed E-state index contributed by atoms with van der Waals surface area (Å²) in [6, 6.07) is -0.680. The van der Waals surface area contributed by atoms with Crippen LogP contribution < -0.4 is 10.6 Å². The van der Waals surface area contributed by atoms with Crippen LogP contribution in [-0.4, -0.2) is 46.3 Å². The van der Waals surface area contributed by atoms with Gasteiger partial charge in [-0.1, -0.05) is 27.7 Å². The van der Waals surface area contributed by atoms with Gasteiger partial charge in [0.05, 0.1) is 35.6 Å². The highest BCUT2D eigenvalue weighted by molar-refractivity contribution is 5.96. The van der Waals surface area contributed by atoms with Crippen molar-refractivity contribution in [2.75, 3.05) is 0 Å². The minimum Gasteiger partial charge on any atom is -0.391 e. The standard InChI is InChI=1S/C18H34N2O4/c1-7-14(21)11(5)19-16(23)13-9-18(13,10(3)4)17(24)20-12(6)15(22)8-2/h10-15,21-22H,7-9H2,1-6H3,(H,19,23)(H,20,24)/t11?,12?,13-,14?,15?,18+/m0/s1. The third kappa shape index (κ3) is 4.28. The molecule has 0 heterocycles. The van der Waals surface area contributed by atoms with E-state index in [2.05, 4.69) is 10.6 Å². The van der Waals surface area contributed by atoms with Crippen molar-refractivity contribution in [3.63, 3.8) is 0 Å². The molecule has 1 rings (SSSR count). The van der Waals surface area contributed by atoms with Crippen molar-refractivity contribution < 1.29 is 19.8 Å². The fourth-order valence-corrected chi connectivity index (χ4v) is 3.32. The summed E-state index contributed by atoms with van der Waals surface area (Å²) in [5, 5.41) is 25.4. The van der Waals surface area contributed by atoms with Crippen molar-refractivity contribution in [1.82, 2.24) is 10.6 Å². The van der Waals surface area contributed by atoms with Gasteiger partial charge >= 0.3 is 0 Å². The van der Waals surface area contributed by atoms with Crippen molar-refractivity contribution in [3.05, 3.63) is 0 Å². The lowest BCUT2D eigenvalue weighted by molar-refractivity contribution is -0.134. The first-order chi connectivity index (χ1) is 11.1. The topological polar surface area (TPSA) is 98.7 Å². The van der Waals surface area contributed by atoms with Crippen LogP contribution in [0.4, 0.5) is 0 Å². The molecule has 0 aliphatic heterocycles. The minimum absolute atomic E-state index is 0.0191. The molecule has 4 unspecified atom stereocenters. The Balaban J connectivity index is 2.76. The first-order valence-electron chi connectivity index (χ1n) is 9.09. The molecular weight excluding hydrogens is 308 g/mol. The van der Waals surface area contributed by atoms with Crippen LogP contribution in [0, 0.1) is 17.3 Å². The average Bonchev–Trinajstić information content (AvgIpc) is 3.30. The van der Waals surface area contributed by atoms with Gasteiger partial charge in [-0.3, -0.25) is 9.59 Å². The van der Waals surface area contributed by atoms with Crippen LogP contribution in [0.1, 0.15) is 60.8 Å². The van der Waals surface area contributed by atoms with Gasteiger partial charge in [-0.2, -0.15) is 0 Å². The van der Waals surface area contributed by atoms with Crippen molar-refractivity contribution >= 4 is 11.8 Å². The van der Waals surface area contributed by atoms with Gasteiger partial charge in [0.15, 0.2) is 0 Å². The van der Waals surface area contributed by atoms with Crippen LogP contribution in [0.15, 0.2) is 0 Å². The van der Waals surface area contributed by atoms with E-state index in [1.54, 1.807) is 13.8 Å². The molecule has 6 heteroatoms. The van der Waals surface area contributed by atoms with E-state index in [9.17, 15) is 19.8 Å². The zero-order chi connectivity index (χ0) is 18.7. The monoisotopic (exact) mass is 342 g/mol. The summed E-state index contributed by atoms with van der Waals surface area (Å²) in [7, 11) is 0. The highest BCUT2D eigenvalue weighted by atomic mass is 16.3. The Bertz CT molecular complexity index is 454. The normalized spacial score (nSPS) is 28.0. The highest BCUT2D eigenvalue weighted by Crippen LogP contribution is 2.58. The molecule has 1 saturated carbocycles. The van der Waals surface area contributed by atoms with Gasteiger partial charge in [0.2, 0.25) is 11.8 Å². The molecule has 1 fully saturated rings. The number of nitrogens with one attached hydrogen (secondary N) is 2. The molecule has 6 atom stereocenters. The summed E-state index contributed by atoms with van der Waals surface area (Å²) in [5.41, 5.74) is -0.720. The zero-order valence-corrected chi connectivity index (χ0v) is 15.8. The van der Waals surface area contributed by atoms with E-state index in [0.717, 1.165) is 0 Å². The number of carbonyl (C=O) groups excluding carboxylic acids is 2. The SMILES string of the molecule is CCC(O)C(C)NC(=O)[C@@H]1C[C@@]1(C(=O)NC(C)C(O)CC)C(C)C. The van der Waals surface area contributed by atoms with E-state index >= 15 is 0 Å². The molecule has 1 aliphatic rings. The molecule has 0 spiro atoms. The van der Waals surface area contributed by atoms with Crippen molar-refractivity contribution in [2.24, 2.45) is 17.3 Å². The maximum atomic E-state index is 12.7. The Morgan fingerprint density at radius 3 is 1.88 bits per heavy atom.